The molecule has 0 aromatic heterocycles. The second kappa shape index (κ2) is 5.30. The third kappa shape index (κ3) is 2.48. The number of amides is 1. The zero-order valence-corrected chi connectivity index (χ0v) is 13.2. The van der Waals surface area contributed by atoms with Gasteiger partial charge >= 0.3 is 0 Å². The molecule has 1 spiro atoms. The van der Waals surface area contributed by atoms with Crippen molar-refractivity contribution in [1.29, 1.82) is 0 Å². The summed E-state index contributed by atoms with van der Waals surface area (Å²) < 4.78 is 0. The summed E-state index contributed by atoms with van der Waals surface area (Å²) in [5.74, 6) is 1.07. The zero-order valence-electron chi connectivity index (χ0n) is 13.2. The summed E-state index contributed by atoms with van der Waals surface area (Å²) in [7, 11) is 4.21. The molecule has 1 saturated heterocycles. The van der Waals surface area contributed by atoms with Crippen LogP contribution < -0.4 is 5.32 Å². The summed E-state index contributed by atoms with van der Waals surface area (Å²) in [5.41, 5.74) is -0.153. The van der Waals surface area contributed by atoms with Gasteiger partial charge in [0.25, 0.3) is 0 Å². The van der Waals surface area contributed by atoms with Crippen molar-refractivity contribution in [3.05, 3.63) is 0 Å². The van der Waals surface area contributed by atoms with Gasteiger partial charge in [0.2, 0.25) is 5.91 Å². The van der Waals surface area contributed by atoms with E-state index in [9.17, 15) is 4.79 Å². The molecular formula is C16H29N3O. The van der Waals surface area contributed by atoms with E-state index in [1.165, 1.54) is 25.7 Å². The Kier molecular flexibility index (Phi) is 3.80. The molecule has 0 aromatic carbocycles. The molecule has 1 amide bonds. The van der Waals surface area contributed by atoms with E-state index in [1.807, 2.05) is 0 Å². The molecule has 3 aliphatic rings. The monoisotopic (exact) mass is 279 g/mol. The van der Waals surface area contributed by atoms with Crippen molar-refractivity contribution < 1.29 is 4.79 Å². The SMILES string of the molecule is CC(CCN(C)C)N1C(=O)C2(CC2)NC1C1CCCC1. The van der Waals surface area contributed by atoms with E-state index in [1.54, 1.807) is 0 Å². The van der Waals surface area contributed by atoms with E-state index in [2.05, 4.69) is 36.1 Å². The number of carbonyl (C=O) groups is 1. The van der Waals surface area contributed by atoms with Crippen molar-refractivity contribution in [1.82, 2.24) is 15.1 Å². The lowest BCUT2D eigenvalue weighted by Gasteiger charge is -2.34. The van der Waals surface area contributed by atoms with Gasteiger partial charge in [-0.1, -0.05) is 12.8 Å². The molecule has 0 aromatic rings. The minimum Gasteiger partial charge on any atom is -0.322 e. The van der Waals surface area contributed by atoms with Gasteiger partial charge in [0.15, 0.2) is 0 Å². The normalized spacial score (nSPS) is 30.7. The Hall–Kier alpha value is -0.610. The average Bonchev–Trinajstić information content (AvgIpc) is 2.87. The fraction of sp³-hybridized carbons (Fsp3) is 0.938. The summed E-state index contributed by atoms with van der Waals surface area (Å²) in [6.07, 6.45) is 8.73. The molecule has 114 valence electrons. The molecule has 1 aliphatic heterocycles. The predicted octanol–water partition coefficient (Wildman–Crippen LogP) is 1.81. The first kappa shape index (κ1) is 14.3. The van der Waals surface area contributed by atoms with Crippen LogP contribution in [0.25, 0.3) is 0 Å². The first-order valence-corrected chi connectivity index (χ1v) is 8.29. The number of rotatable bonds is 5. The molecule has 2 unspecified atom stereocenters. The highest BCUT2D eigenvalue weighted by atomic mass is 16.2. The standard InChI is InChI=1S/C16H29N3O/c1-12(8-11-18(2)3)19-14(13-6-4-5-7-13)17-16(9-10-16)15(19)20/h12-14,17H,4-11H2,1-3H3. The summed E-state index contributed by atoms with van der Waals surface area (Å²) in [6, 6.07) is 0.350. The minimum absolute atomic E-state index is 0.153. The molecule has 4 heteroatoms. The van der Waals surface area contributed by atoms with Crippen molar-refractivity contribution in [3.8, 4) is 0 Å². The van der Waals surface area contributed by atoms with Crippen LogP contribution in [0.2, 0.25) is 0 Å². The number of hydrogen-bond acceptors (Lipinski definition) is 3. The lowest BCUT2D eigenvalue weighted by atomic mass is 10.0. The van der Waals surface area contributed by atoms with Crippen LogP contribution in [-0.2, 0) is 4.79 Å². The van der Waals surface area contributed by atoms with Gasteiger partial charge in [0.05, 0.1) is 11.7 Å². The highest BCUT2D eigenvalue weighted by Crippen LogP contribution is 2.46. The molecule has 0 radical (unpaired) electrons. The molecule has 20 heavy (non-hydrogen) atoms. The Labute approximate surface area is 122 Å². The quantitative estimate of drug-likeness (QED) is 0.833. The zero-order chi connectivity index (χ0) is 14.3. The van der Waals surface area contributed by atoms with Crippen molar-refractivity contribution >= 4 is 5.91 Å². The largest absolute Gasteiger partial charge is 0.322 e. The minimum atomic E-state index is -0.153. The van der Waals surface area contributed by atoms with Crippen LogP contribution >= 0.6 is 0 Å². The van der Waals surface area contributed by atoms with Gasteiger partial charge in [-0.3, -0.25) is 10.1 Å². The molecule has 3 rings (SSSR count). The lowest BCUT2D eigenvalue weighted by molar-refractivity contribution is -0.133. The molecule has 0 bridgehead atoms. The fourth-order valence-corrected chi connectivity index (χ4v) is 3.95. The van der Waals surface area contributed by atoms with Crippen molar-refractivity contribution in [2.75, 3.05) is 20.6 Å². The van der Waals surface area contributed by atoms with Crippen LogP contribution in [0.4, 0.5) is 0 Å². The molecule has 2 atom stereocenters. The third-order valence-electron chi connectivity index (χ3n) is 5.43. The second-order valence-electron chi connectivity index (χ2n) is 7.37. The van der Waals surface area contributed by atoms with Crippen LogP contribution in [0.3, 0.4) is 0 Å². The van der Waals surface area contributed by atoms with Crippen LogP contribution in [0.5, 0.6) is 0 Å². The molecule has 2 aliphatic carbocycles. The average molecular weight is 279 g/mol. The Morgan fingerprint density at radius 3 is 2.55 bits per heavy atom. The number of nitrogens with one attached hydrogen (secondary N) is 1. The predicted molar refractivity (Wildman–Crippen MR) is 80.3 cm³/mol. The van der Waals surface area contributed by atoms with Gasteiger partial charge in [-0.15, -0.1) is 0 Å². The van der Waals surface area contributed by atoms with E-state index >= 15 is 0 Å². The van der Waals surface area contributed by atoms with Gasteiger partial charge in [0.1, 0.15) is 0 Å². The first-order valence-electron chi connectivity index (χ1n) is 8.29. The van der Waals surface area contributed by atoms with E-state index < -0.39 is 0 Å². The Balaban J connectivity index is 1.72. The summed E-state index contributed by atoms with van der Waals surface area (Å²) in [5, 5.41) is 3.71. The van der Waals surface area contributed by atoms with E-state index in [-0.39, 0.29) is 5.54 Å². The smallest absolute Gasteiger partial charge is 0.244 e. The number of hydrogen-bond donors (Lipinski definition) is 1. The topological polar surface area (TPSA) is 35.6 Å². The van der Waals surface area contributed by atoms with Gasteiger partial charge in [-0.05, 0) is 65.6 Å². The number of carbonyl (C=O) groups excluding carboxylic acids is 1. The maximum atomic E-state index is 12.8. The third-order valence-corrected chi connectivity index (χ3v) is 5.43. The highest BCUT2D eigenvalue weighted by Gasteiger charge is 2.61. The molecular weight excluding hydrogens is 250 g/mol. The van der Waals surface area contributed by atoms with Crippen LogP contribution in [-0.4, -0.2) is 54.1 Å². The highest BCUT2D eigenvalue weighted by molar-refractivity contribution is 5.92. The van der Waals surface area contributed by atoms with Gasteiger partial charge < -0.3 is 9.80 Å². The second-order valence-corrected chi connectivity index (χ2v) is 7.37. The van der Waals surface area contributed by atoms with Crippen molar-refractivity contribution in [3.63, 3.8) is 0 Å². The summed E-state index contributed by atoms with van der Waals surface area (Å²) in [4.78, 5) is 17.2. The van der Waals surface area contributed by atoms with Crippen molar-refractivity contribution in [2.24, 2.45) is 5.92 Å². The molecule has 1 heterocycles. The lowest BCUT2D eigenvalue weighted by Crippen LogP contribution is -2.47. The molecule has 1 N–H and O–H groups in total. The van der Waals surface area contributed by atoms with Crippen molar-refractivity contribution in [2.45, 2.75) is 69.6 Å². The van der Waals surface area contributed by atoms with Gasteiger partial charge in [-0.25, -0.2) is 0 Å². The number of nitrogens with zero attached hydrogens (tertiary/aromatic N) is 2. The Morgan fingerprint density at radius 1 is 1.35 bits per heavy atom. The molecule has 3 fully saturated rings. The summed E-state index contributed by atoms with van der Waals surface area (Å²) in [6.45, 7) is 3.28. The Morgan fingerprint density at radius 2 is 2.00 bits per heavy atom. The fourth-order valence-electron chi connectivity index (χ4n) is 3.95. The van der Waals surface area contributed by atoms with E-state index in [0.717, 1.165) is 25.8 Å². The van der Waals surface area contributed by atoms with Crippen LogP contribution in [0.1, 0.15) is 51.9 Å². The maximum absolute atomic E-state index is 12.8. The van der Waals surface area contributed by atoms with E-state index in [0.29, 0.717) is 24.0 Å². The van der Waals surface area contributed by atoms with Crippen LogP contribution in [0, 0.1) is 5.92 Å². The Bertz CT molecular complexity index is 372. The molecule has 4 nitrogen and oxygen atoms in total. The maximum Gasteiger partial charge on any atom is 0.244 e. The van der Waals surface area contributed by atoms with E-state index in [4.69, 9.17) is 0 Å². The summed E-state index contributed by atoms with van der Waals surface area (Å²) >= 11 is 0. The molecule has 2 saturated carbocycles. The first-order chi connectivity index (χ1) is 9.53. The van der Waals surface area contributed by atoms with Gasteiger partial charge in [-0.2, -0.15) is 0 Å². The van der Waals surface area contributed by atoms with Gasteiger partial charge in [0, 0.05) is 6.04 Å². The van der Waals surface area contributed by atoms with Crippen LogP contribution in [0.15, 0.2) is 0 Å².